The fourth-order valence-corrected chi connectivity index (χ4v) is 2.93. The van der Waals surface area contributed by atoms with Crippen molar-refractivity contribution in [2.45, 2.75) is 12.8 Å². The monoisotopic (exact) mass is 346 g/mol. The van der Waals surface area contributed by atoms with Crippen LogP contribution in [-0.4, -0.2) is 26.1 Å². The second-order valence-electron chi connectivity index (χ2n) is 5.87. The standard InChI is InChI=1S/C19H22N2O2.ClH/c1-23-18-8-7-17(21-19(22)15-9-10-20-13-15)12-16(18)11-14-5-3-2-4-6-14;/h2-8,12,15,20H,9-11,13H2,1H3,(H,21,22);1H. The highest BCUT2D eigenvalue weighted by Crippen LogP contribution is 2.26. The minimum absolute atomic E-state index is 0. The Hall–Kier alpha value is -2.04. The van der Waals surface area contributed by atoms with Gasteiger partial charge in [-0.05, 0) is 36.7 Å². The second-order valence-corrected chi connectivity index (χ2v) is 5.87. The van der Waals surface area contributed by atoms with Gasteiger partial charge in [0.2, 0.25) is 5.91 Å². The molecule has 1 heterocycles. The maximum atomic E-state index is 12.3. The van der Waals surface area contributed by atoms with Crippen molar-refractivity contribution in [3.05, 3.63) is 59.7 Å². The van der Waals surface area contributed by atoms with Crippen molar-refractivity contribution in [3.8, 4) is 5.75 Å². The van der Waals surface area contributed by atoms with Gasteiger partial charge in [-0.1, -0.05) is 30.3 Å². The van der Waals surface area contributed by atoms with E-state index < -0.39 is 0 Å². The van der Waals surface area contributed by atoms with Gasteiger partial charge in [-0.25, -0.2) is 0 Å². The van der Waals surface area contributed by atoms with Crippen LogP contribution in [0, 0.1) is 5.92 Å². The number of amides is 1. The molecule has 0 saturated carbocycles. The molecular weight excluding hydrogens is 324 g/mol. The molecule has 1 atom stereocenters. The highest BCUT2D eigenvalue weighted by atomic mass is 35.5. The van der Waals surface area contributed by atoms with Gasteiger partial charge in [0.1, 0.15) is 5.75 Å². The van der Waals surface area contributed by atoms with Crippen molar-refractivity contribution in [2.24, 2.45) is 5.92 Å². The van der Waals surface area contributed by atoms with Gasteiger partial charge in [-0.3, -0.25) is 4.79 Å². The molecule has 1 aliphatic rings. The number of hydrogen-bond donors (Lipinski definition) is 2. The normalized spacial score (nSPS) is 16.3. The van der Waals surface area contributed by atoms with Crippen LogP contribution in [0.15, 0.2) is 48.5 Å². The molecule has 1 aliphatic heterocycles. The lowest BCUT2D eigenvalue weighted by molar-refractivity contribution is -0.119. The van der Waals surface area contributed by atoms with Crippen LogP contribution in [0.3, 0.4) is 0 Å². The van der Waals surface area contributed by atoms with Crippen LogP contribution in [-0.2, 0) is 11.2 Å². The predicted octanol–water partition coefficient (Wildman–Crippen LogP) is 3.26. The molecule has 2 aromatic rings. The molecule has 0 spiro atoms. The van der Waals surface area contributed by atoms with Crippen molar-refractivity contribution >= 4 is 24.0 Å². The van der Waals surface area contributed by atoms with Crippen molar-refractivity contribution < 1.29 is 9.53 Å². The van der Waals surface area contributed by atoms with Gasteiger partial charge in [0.15, 0.2) is 0 Å². The number of ether oxygens (including phenoxy) is 1. The summed E-state index contributed by atoms with van der Waals surface area (Å²) in [5, 5.41) is 6.25. The Kier molecular flexibility index (Phi) is 6.64. The van der Waals surface area contributed by atoms with Gasteiger partial charge in [0, 0.05) is 24.2 Å². The van der Waals surface area contributed by atoms with Crippen LogP contribution in [0.1, 0.15) is 17.5 Å². The quantitative estimate of drug-likeness (QED) is 0.873. The molecule has 1 saturated heterocycles. The van der Waals surface area contributed by atoms with Crippen LogP contribution in [0.25, 0.3) is 0 Å². The van der Waals surface area contributed by atoms with Gasteiger partial charge in [0.25, 0.3) is 0 Å². The van der Waals surface area contributed by atoms with Crippen LogP contribution in [0.5, 0.6) is 5.75 Å². The summed E-state index contributed by atoms with van der Waals surface area (Å²) in [5.74, 6) is 0.995. The van der Waals surface area contributed by atoms with Crippen molar-refractivity contribution in [3.63, 3.8) is 0 Å². The van der Waals surface area contributed by atoms with Crippen molar-refractivity contribution in [2.75, 3.05) is 25.5 Å². The fraction of sp³-hybridized carbons (Fsp3) is 0.316. The predicted molar refractivity (Wildman–Crippen MR) is 99.1 cm³/mol. The molecule has 0 bridgehead atoms. The first-order valence-electron chi connectivity index (χ1n) is 7.98. The van der Waals surface area contributed by atoms with E-state index in [9.17, 15) is 4.79 Å². The summed E-state index contributed by atoms with van der Waals surface area (Å²) in [6, 6.07) is 16.1. The number of hydrogen-bond acceptors (Lipinski definition) is 3. The molecule has 2 aromatic carbocycles. The Morgan fingerprint density at radius 3 is 2.71 bits per heavy atom. The lowest BCUT2D eigenvalue weighted by atomic mass is 10.0. The third kappa shape index (κ3) is 4.49. The molecule has 4 nitrogen and oxygen atoms in total. The number of anilines is 1. The molecule has 0 aromatic heterocycles. The zero-order valence-corrected chi connectivity index (χ0v) is 14.6. The Morgan fingerprint density at radius 1 is 1.25 bits per heavy atom. The second kappa shape index (κ2) is 8.71. The lowest BCUT2D eigenvalue weighted by Crippen LogP contribution is -2.24. The molecule has 1 unspecified atom stereocenters. The Balaban J connectivity index is 0.00000208. The van der Waals surface area contributed by atoms with Gasteiger partial charge in [0.05, 0.1) is 13.0 Å². The minimum atomic E-state index is 0. The van der Waals surface area contributed by atoms with Gasteiger partial charge in [-0.15, -0.1) is 12.4 Å². The SMILES string of the molecule is COc1ccc(NC(=O)C2CCNC2)cc1Cc1ccccc1.Cl. The van der Waals surface area contributed by atoms with Crippen molar-refractivity contribution in [1.82, 2.24) is 5.32 Å². The first-order chi connectivity index (χ1) is 11.3. The number of carbonyl (C=O) groups is 1. The Bertz CT molecular complexity index is 670. The largest absolute Gasteiger partial charge is 0.496 e. The molecule has 128 valence electrons. The molecular formula is C19H23ClN2O2. The molecule has 24 heavy (non-hydrogen) atoms. The zero-order chi connectivity index (χ0) is 16.1. The van der Waals surface area contributed by atoms with Gasteiger partial charge >= 0.3 is 0 Å². The summed E-state index contributed by atoms with van der Waals surface area (Å²) >= 11 is 0. The summed E-state index contributed by atoms with van der Waals surface area (Å²) in [7, 11) is 1.67. The highest BCUT2D eigenvalue weighted by Gasteiger charge is 2.22. The van der Waals surface area contributed by atoms with Crippen LogP contribution in [0.4, 0.5) is 5.69 Å². The third-order valence-electron chi connectivity index (χ3n) is 4.22. The third-order valence-corrected chi connectivity index (χ3v) is 4.22. The Labute approximate surface area is 149 Å². The Morgan fingerprint density at radius 2 is 2.04 bits per heavy atom. The van der Waals surface area contributed by atoms with E-state index in [4.69, 9.17) is 4.74 Å². The van der Waals surface area contributed by atoms with E-state index in [-0.39, 0.29) is 24.2 Å². The number of carbonyl (C=O) groups excluding carboxylic acids is 1. The first kappa shape index (κ1) is 18.3. The number of rotatable bonds is 5. The fourth-order valence-electron chi connectivity index (χ4n) is 2.93. The number of benzene rings is 2. The van der Waals surface area contributed by atoms with E-state index in [0.29, 0.717) is 0 Å². The van der Waals surface area contributed by atoms with Crippen LogP contribution < -0.4 is 15.4 Å². The molecule has 0 aliphatic carbocycles. The summed E-state index contributed by atoms with van der Waals surface area (Å²) in [6.07, 6.45) is 1.68. The summed E-state index contributed by atoms with van der Waals surface area (Å²) in [5.41, 5.74) is 3.11. The molecule has 5 heteroatoms. The highest BCUT2D eigenvalue weighted by molar-refractivity contribution is 5.93. The summed E-state index contributed by atoms with van der Waals surface area (Å²) in [4.78, 5) is 12.3. The van der Waals surface area contributed by atoms with E-state index in [0.717, 1.165) is 42.9 Å². The van der Waals surface area contributed by atoms with Crippen LogP contribution >= 0.6 is 12.4 Å². The molecule has 1 amide bonds. The van der Waals surface area contributed by atoms with E-state index in [1.165, 1.54) is 5.56 Å². The first-order valence-corrected chi connectivity index (χ1v) is 7.98. The average Bonchev–Trinajstić information content (AvgIpc) is 3.11. The summed E-state index contributed by atoms with van der Waals surface area (Å²) < 4.78 is 5.45. The maximum absolute atomic E-state index is 12.3. The average molecular weight is 347 g/mol. The molecule has 0 radical (unpaired) electrons. The molecule has 3 rings (SSSR count). The van der Waals surface area contributed by atoms with Crippen LogP contribution in [0.2, 0.25) is 0 Å². The maximum Gasteiger partial charge on any atom is 0.228 e. The molecule has 1 fully saturated rings. The topological polar surface area (TPSA) is 50.4 Å². The van der Waals surface area contributed by atoms with Crippen molar-refractivity contribution in [1.29, 1.82) is 0 Å². The van der Waals surface area contributed by atoms with E-state index in [2.05, 4.69) is 22.8 Å². The van der Waals surface area contributed by atoms with E-state index in [1.54, 1.807) is 7.11 Å². The number of nitrogens with one attached hydrogen (secondary N) is 2. The molecule has 2 N–H and O–H groups in total. The van der Waals surface area contributed by atoms with Gasteiger partial charge < -0.3 is 15.4 Å². The summed E-state index contributed by atoms with van der Waals surface area (Å²) in [6.45, 7) is 1.68. The smallest absolute Gasteiger partial charge is 0.228 e. The van der Waals surface area contributed by atoms with E-state index >= 15 is 0 Å². The van der Waals surface area contributed by atoms with E-state index in [1.807, 2.05) is 36.4 Å². The minimum Gasteiger partial charge on any atom is -0.496 e. The lowest BCUT2D eigenvalue weighted by Gasteiger charge is -2.14. The zero-order valence-electron chi connectivity index (χ0n) is 13.7. The number of halogens is 1. The van der Waals surface area contributed by atoms with Gasteiger partial charge in [-0.2, -0.15) is 0 Å². The number of methoxy groups -OCH3 is 1.